The Balaban J connectivity index is 1.62. The van der Waals surface area contributed by atoms with Gasteiger partial charge >= 0.3 is 0 Å². The number of piperazine rings is 1. The van der Waals surface area contributed by atoms with Crippen molar-refractivity contribution in [2.24, 2.45) is 0 Å². The highest BCUT2D eigenvalue weighted by Crippen LogP contribution is 2.17. The van der Waals surface area contributed by atoms with Crippen LogP contribution in [-0.4, -0.2) is 53.7 Å². The molecule has 0 spiro atoms. The number of nitrogens with zero attached hydrogens (tertiary/aromatic N) is 4. The molecule has 1 aliphatic rings. The fourth-order valence-electron chi connectivity index (χ4n) is 3.13. The Labute approximate surface area is 148 Å². The van der Waals surface area contributed by atoms with Gasteiger partial charge < -0.3 is 15.1 Å². The minimum Gasteiger partial charge on any atom is -0.369 e. The van der Waals surface area contributed by atoms with Crippen molar-refractivity contribution in [2.45, 2.75) is 20.8 Å². The first-order valence-electron chi connectivity index (χ1n) is 8.77. The second-order valence-electron chi connectivity index (χ2n) is 6.40. The van der Waals surface area contributed by atoms with E-state index in [1.54, 1.807) is 0 Å². The zero-order valence-corrected chi connectivity index (χ0v) is 15.1. The van der Waals surface area contributed by atoms with Gasteiger partial charge in [-0.3, -0.25) is 4.79 Å². The lowest BCUT2D eigenvalue weighted by molar-refractivity contribution is 0.0746. The van der Waals surface area contributed by atoms with E-state index >= 15 is 0 Å². The number of hydrogen-bond donors (Lipinski definition) is 1. The lowest BCUT2D eigenvalue weighted by atomic mass is 10.0. The molecule has 6 nitrogen and oxygen atoms in total. The summed E-state index contributed by atoms with van der Waals surface area (Å²) in [5.41, 5.74) is 3.02. The first-order chi connectivity index (χ1) is 12.1. The van der Waals surface area contributed by atoms with E-state index in [9.17, 15) is 4.79 Å². The number of amides is 1. The SMILES string of the molecule is CCNc1ccc(N2CCN(C(=O)c3ccc(C)cc3C)CC2)nn1. The van der Waals surface area contributed by atoms with Gasteiger partial charge in [-0.15, -0.1) is 10.2 Å². The van der Waals surface area contributed by atoms with Crippen LogP contribution in [0.5, 0.6) is 0 Å². The van der Waals surface area contributed by atoms with Gasteiger partial charge in [0, 0.05) is 38.3 Å². The maximum Gasteiger partial charge on any atom is 0.254 e. The molecule has 25 heavy (non-hydrogen) atoms. The van der Waals surface area contributed by atoms with Gasteiger partial charge in [-0.25, -0.2) is 0 Å². The van der Waals surface area contributed by atoms with Crippen LogP contribution in [0.3, 0.4) is 0 Å². The summed E-state index contributed by atoms with van der Waals surface area (Å²) in [6.07, 6.45) is 0. The van der Waals surface area contributed by atoms with Crippen LogP contribution >= 0.6 is 0 Å². The van der Waals surface area contributed by atoms with Gasteiger partial charge in [-0.05, 0) is 44.5 Å². The number of carbonyl (C=O) groups is 1. The molecule has 1 fully saturated rings. The van der Waals surface area contributed by atoms with Crippen LogP contribution in [0.1, 0.15) is 28.4 Å². The summed E-state index contributed by atoms with van der Waals surface area (Å²) >= 11 is 0. The molecule has 0 saturated carbocycles. The summed E-state index contributed by atoms with van der Waals surface area (Å²) in [6.45, 7) is 9.83. The predicted octanol–water partition coefficient (Wildman–Crippen LogP) is 2.49. The second-order valence-corrected chi connectivity index (χ2v) is 6.40. The van der Waals surface area contributed by atoms with E-state index in [-0.39, 0.29) is 5.91 Å². The second kappa shape index (κ2) is 7.51. The normalized spacial score (nSPS) is 14.5. The largest absolute Gasteiger partial charge is 0.369 e. The summed E-state index contributed by atoms with van der Waals surface area (Å²) in [4.78, 5) is 16.9. The molecule has 1 saturated heterocycles. The maximum atomic E-state index is 12.8. The average molecular weight is 339 g/mol. The van der Waals surface area contributed by atoms with E-state index in [0.29, 0.717) is 13.1 Å². The van der Waals surface area contributed by atoms with E-state index in [4.69, 9.17) is 0 Å². The van der Waals surface area contributed by atoms with Crippen LogP contribution in [0.25, 0.3) is 0 Å². The molecule has 0 bridgehead atoms. The minimum absolute atomic E-state index is 0.116. The van der Waals surface area contributed by atoms with Crippen molar-refractivity contribution in [2.75, 3.05) is 42.9 Å². The molecule has 1 aromatic carbocycles. The Kier molecular flexibility index (Phi) is 5.16. The molecule has 1 N–H and O–H groups in total. The number of rotatable bonds is 4. The molecule has 3 rings (SSSR count). The van der Waals surface area contributed by atoms with Crippen molar-refractivity contribution in [1.82, 2.24) is 15.1 Å². The fourth-order valence-corrected chi connectivity index (χ4v) is 3.13. The van der Waals surface area contributed by atoms with Gasteiger partial charge in [0.15, 0.2) is 5.82 Å². The maximum absolute atomic E-state index is 12.8. The highest BCUT2D eigenvalue weighted by molar-refractivity contribution is 5.95. The highest BCUT2D eigenvalue weighted by atomic mass is 16.2. The van der Waals surface area contributed by atoms with Crippen LogP contribution in [-0.2, 0) is 0 Å². The molecule has 2 aromatic rings. The molecule has 2 heterocycles. The Morgan fingerprint density at radius 2 is 1.84 bits per heavy atom. The van der Waals surface area contributed by atoms with Crippen LogP contribution in [0, 0.1) is 13.8 Å². The molecule has 1 aromatic heterocycles. The standard InChI is InChI=1S/C19H25N5O/c1-4-20-17-7-8-18(22-21-17)23-9-11-24(12-10-23)19(25)16-6-5-14(2)13-15(16)3/h5-8,13H,4,9-12H2,1-3H3,(H,20,21). The van der Waals surface area contributed by atoms with Crippen molar-refractivity contribution in [3.8, 4) is 0 Å². The number of anilines is 2. The third-order valence-electron chi connectivity index (χ3n) is 4.51. The summed E-state index contributed by atoms with van der Waals surface area (Å²) in [6, 6.07) is 9.92. The van der Waals surface area contributed by atoms with Crippen molar-refractivity contribution in [3.05, 3.63) is 47.0 Å². The summed E-state index contributed by atoms with van der Waals surface area (Å²) in [5.74, 6) is 1.76. The van der Waals surface area contributed by atoms with Gasteiger partial charge in [0.05, 0.1) is 0 Å². The monoisotopic (exact) mass is 339 g/mol. The van der Waals surface area contributed by atoms with Crippen LogP contribution in [0.4, 0.5) is 11.6 Å². The number of carbonyl (C=O) groups excluding carboxylic acids is 1. The van der Waals surface area contributed by atoms with Crippen LogP contribution in [0.2, 0.25) is 0 Å². The average Bonchev–Trinajstić information content (AvgIpc) is 2.62. The van der Waals surface area contributed by atoms with Gasteiger partial charge in [0.2, 0.25) is 0 Å². The third kappa shape index (κ3) is 3.90. The Hall–Kier alpha value is -2.63. The summed E-state index contributed by atoms with van der Waals surface area (Å²) in [7, 11) is 0. The Bertz CT molecular complexity index is 736. The highest BCUT2D eigenvalue weighted by Gasteiger charge is 2.23. The van der Waals surface area contributed by atoms with E-state index in [2.05, 4.69) is 26.5 Å². The molecule has 0 radical (unpaired) electrons. The molecular formula is C19H25N5O. The molecule has 6 heteroatoms. The summed E-state index contributed by atoms with van der Waals surface area (Å²) < 4.78 is 0. The van der Waals surface area contributed by atoms with Crippen LogP contribution in [0.15, 0.2) is 30.3 Å². The molecule has 132 valence electrons. The minimum atomic E-state index is 0.116. The quantitative estimate of drug-likeness (QED) is 0.927. The van der Waals surface area contributed by atoms with E-state index in [0.717, 1.165) is 42.4 Å². The van der Waals surface area contributed by atoms with Crippen molar-refractivity contribution in [3.63, 3.8) is 0 Å². The van der Waals surface area contributed by atoms with Gasteiger partial charge in [0.25, 0.3) is 5.91 Å². The zero-order chi connectivity index (χ0) is 17.8. The van der Waals surface area contributed by atoms with Crippen molar-refractivity contribution >= 4 is 17.5 Å². The van der Waals surface area contributed by atoms with Gasteiger partial charge in [-0.1, -0.05) is 17.7 Å². The zero-order valence-electron chi connectivity index (χ0n) is 15.1. The fraction of sp³-hybridized carbons (Fsp3) is 0.421. The number of benzene rings is 1. The molecule has 1 aliphatic heterocycles. The van der Waals surface area contributed by atoms with Gasteiger partial charge in [-0.2, -0.15) is 0 Å². The first-order valence-corrected chi connectivity index (χ1v) is 8.77. The lowest BCUT2D eigenvalue weighted by Crippen LogP contribution is -2.49. The van der Waals surface area contributed by atoms with E-state index in [1.807, 2.05) is 49.9 Å². The smallest absolute Gasteiger partial charge is 0.254 e. The lowest BCUT2D eigenvalue weighted by Gasteiger charge is -2.35. The molecule has 0 atom stereocenters. The predicted molar refractivity (Wildman–Crippen MR) is 100 cm³/mol. The third-order valence-corrected chi connectivity index (χ3v) is 4.51. The molecule has 0 aliphatic carbocycles. The number of aryl methyl sites for hydroxylation is 2. The van der Waals surface area contributed by atoms with Crippen LogP contribution < -0.4 is 10.2 Å². The number of nitrogens with one attached hydrogen (secondary N) is 1. The number of aromatic nitrogens is 2. The van der Waals surface area contributed by atoms with E-state index in [1.165, 1.54) is 5.56 Å². The first kappa shape index (κ1) is 17.2. The van der Waals surface area contributed by atoms with Gasteiger partial charge in [0.1, 0.15) is 5.82 Å². The molecule has 0 unspecified atom stereocenters. The topological polar surface area (TPSA) is 61.4 Å². The molecule has 1 amide bonds. The Morgan fingerprint density at radius 3 is 2.44 bits per heavy atom. The van der Waals surface area contributed by atoms with Crippen molar-refractivity contribution in [1.29, 1.82) is 0 Å². The Morgan fingerprint density at radius 1 is 1.08 bits per heavy atom. The summed E-state index contributed by atoms with van der Waals surface area (Å²) in [5, 5.41) is 11.6. The van der Waals surface area contributed by atoms with E-state index < -0.39 is 0 Å². The molecular weight excluding hydrogens is 314 g/mol. The number of hydrogen-bond acceptors (Lipinski definition) is 5. The van der Waals surface area contributed by atoms with Crippen molar-refractivity contribution < 1.29 is 4.79 Å².